The van der Waals surface area contributed by atoms with Gasteiger partial charge in [-0.25, -0.2) is 0 Å². The number of benzene rings is 1. The van der Waals surface area contributed by atoms with Gasteiger partial charge in [-0.1, -0.05) is 21.1 Å². The Hall–Kier alpha value is -1.01. The number of aromatic nitrogens is 2. The normalized spacial score (nSPS) is 10.5. The van der Waals surface area contributed by atoms with Crippen LogP contribution in [0.2, 0.25) is 0 Å². The van der Waals surface area contributed by atoms with Crippen LogP contribution in [0, 0.1) is 0 Å². The van der Waals surface area contributed by atoms with E-state index in [0.29, 0.717) is 11.6 Å². The van der Waals surface area contributed by atoms with Crippen molar-refractivity contribution in [1.82, 2.24) is 10.1 Å². The summed E-state index contributed by atoms with van der Waals surface area (Å²) >= 11 is 4.93. The molecular formula is C9H8BrN3OS. The number of nitrogens with two attached hydrogens (primary N) is 1. The van der Waals surface area contributed by atoms with Gasteiger partial charge in [-0.05, 0) is 18.2 Å². The van der Waals surface area contributed by atoms with Crippen molar-refractivity contribution in [2.45, 2.75) is 10.6 Å². The van der Waals surface area contributed by atoms with Gasteiger partial charge in [0, 0.05) is 15.1 Å². The van der Waals surface area contributed by atoms with Gasteiger partial charge < -0.3 is 10.3 Å². The SMILES string of the molecule is Nc1cc(Br)ccc1SCc1ncno1. The molecule has 0 saturated heterocycles. The van der Waals surface area contributed by atoms with Crippen LogP contribution in [0.3, 0.4) is 0 Å². The van der Waals surface area contributed by atoms with Crippen LogP contribution in [0.5, 0.6) is 0 Å². The lowest BCUT2D eigenvalue weighted by Crippen LogP contribution is -1.89. The minimum atomic E-state index is 0.599. The smallest absolute Gasteiger partial charge is 0.236 e. The molecular weight excluding hydrogens is 278 g/mol. The maximum Gasteiger partial charge on any atom is 0.236 e. The molecule has 0 aliphatic rings. The first-order valence-electron chi connectivity index (χ1n) is 4.19. The summed E-state index contributed by atoms with van der Waals surface area (Å²) < 4.78 is 5.86. The van der Waals surface area contributed by atoms with E-state index in [2.05, 4.69) is 26.1 Å². The molecule has 0 radical (unpaired) electrons. The number of halogens is 1. The van der Waals surface area contributed by atoms with Gasteiger partial charge in [0.15, 0.2) is 6.33 Å². The fourth-order valence-electron chi connectivity index (χ4n) is 1.05. The summed E-state index contributed by atoms with van der Waals surface area (Å²) in [5.74, 6) is 1.23. The zero-order chi connectivity index (χ0) is 10.7. The standard InChI is InChI=1S/C9H8BrN3OS/c10-6-1-2-8(7(11)3-6)15-4-9-12-5-13-14-9/h1-3,5H,4,11H2. The fraction of sp³-hybridized carbons (Fsp3) is 0.111. The molecule has 0 amide bonds. The van der Waals surface area contributed by atoms with Crippen molar-refractivity contribution in [3.8, 4) is 0 Å². The third-order valence-electron chi connectivity index (χ3n) is 1.73. The maximum absolute atomic E-state index is 5.84. The van der Waals surface area contributed by atoms with Gasteiger partial charge in [0.05, 0.1) is 5.75 Å². The van der Waals surface area contributed by atoms with E-state index in [4.69, 9.17) is 10.3 Å². The first-order valence-corrected chi connectivity index (χ1v) is 5.97. The average molecular weight is 286 g/mol. The minimum absolute atomic E-state index is 0.599. The van der Waals surface area contributed by atoms with E-state index >= 15 is 0 Å². The Morgan fingerprint density at radius 3 is 3.00 bits per heavy atom. The van der Waals surface area contributed by atoms with Crippen LogP contribution in [0.15, 0.2) is 38.4 Å². The molecule has 15 heavy (non-hydrogen) atoms. The Kier molecular flexibility index (Phi) is 3.27. The lowest BCUT2D eigenvalue weighted by Gasteiger charge is -2.03. The van der Waals surface area contributed by atoms with Gasteiger partial charge in [-0.15, -0.1) is 11.8 Å². The van der Waals surface area contributed by atoms with E-state index in [9.17, 15) is 0 Å². The van der Waals surface area contributed by atoms with Crippen LogP contribution >= 0.6 is 27.7 Å². The van der Waals surface area contributed by atoms with Gasteiger partial charge >= 0.3 is 0 Å². The Morgan fingerprint density at radius 1 is 1.47 bits per heavy atom. The molecule has 2 N–H and O–H groups in total. The number of anilines is 1. The molecule has 0 aliphatic carbocycles. The van der Waals surface area contributed by atoms with E-state index < -0.39 is 0 Å². The molecule has 1 heterocycles. The van der Waals surface area contributed by atoms with Crippen molar-refractivity contribution < 1.29 is 4.52 Å². The third-order valence-corrected chi connectivity index (χ3v) is 3.30. The predicted molar refractivity (Wildman–Crippen MR) is 62.4 cm³/mol. The van der Waals surface area contributed by atoms with Crippen LogP contribution in [0.4, 0.5) is 5.69 Å². The molecule has 1 aromatic heterocycles. The number of nitrogen functional groups attached to an aromatic ring is 1. The number of thioether (sulfide) groups is 1. The zero-order valence-corrected chi connectivity index (χ0v) is 10.1. The van der Waals surface area contributed by atoms with Crippen molar-refractivity contribution in [2.24, 2.45) is 0 Å². The van der Waals surface area contributed by atoms with Crippen LogP contribution in [0.1, 0.15) is 5.89 Å². The van der Waals surface area contributed by atoms with Crippen molar-refractivity contribution in [2.75, 3.05) is 5.73 Å². The summed E-state index contributed by atoms with van der Waals surface area (Å²) in [5.41, 5.74) is 6.59. The molecule has 0 spiro atoms. The summed E-state index contributed by atoms with van der Waals surface area (Å²) in [6, 6.07) is 5.78. The van der Waals surface area contributed by atoms with Gasteiger partial charge in [0.2, 0.25) is 5.89 Å². The summed E-state index contributed by atoms with van der Waals surface area (Å²) in [6.45, 7) is 0. The van der Waals surface area contributed by atoms with E-state index in [-0.39, 0.29) is 0 Å². The van der Waals surface area contributed by atoms with Crippen LogP contribution in [-0.4, -0.2) is 10.1 Å². The number of rotatable bonds is 3. The molecule has 2 rings (SSSR count). The molecule has 0 aliphatic heterocycles. The summed E-state index contributed by atoms with van der Waals surface area (Å²) in [7, 11) is 0. The predicted octanol–water partition coefficient (Wildman–Crippen LogP) is 2.71. The lowest BCUT2D eigenvalue weighted by molar-refractivity contribution is 0.390. The highest BCUT2D eigenvalue weighted by Crippen LogP contribution is 2.29. The zero-order valence-electron chi connectivity index (χ0n) is 7.68. The van der Waals surface area contributed by atoms with Crippen LogP contribution in [0.25, 0.3) is 0 Å². The fourth-order valence-corrected chi connectivity index (χ4v) is 2.22. The monoisotopic (exact) mass is 285 g/mol. The van der Waals surface area contributed by atoms with Crippen molar-refractivity contribution >= 4 is 33.4 Å². The largest absolute Gasteiger partial charge is 0.398 e. The van der Waals surface area contributed by atoms with E-state index in [1.165, 1.54) is 6.33 Å². The molecule has 0 saturated carbocycles. The second-order valence-electron chi connectivity index (χ2n) is 2.81. The summed E-state index contributed by atoms with van der Waals surface area (Å²) in [5, 5.41) is 3.53. The molecule has 78 valence electrons. The first-order chi connectivity index (χ1) is 7.25. The van der Waals surface area contributed by atoms with Crippen molar-refractivity contribution in [3.63, 3.8) is 0 Å². The highest BCUT2D eigenvalue weighted by atomic mass is 79.9. The third kappa shape index (κ3) is 2.73. The topological polar surface area (TPSA) is 64.9 Å². The van der Waals surface area contributed by atoms with E-state index in [0.717, 1.165) is 15.1 Å². The lowest BCUT2D eigenvalue weighted by atomic mass is 10.3. The Balaban J connectivity index is 2.05. The molecule has 0 atom stereocenters. The number of hydrogen-bond donors (Lipinski definition) is 1. The van der Waals surface area contributed by atoms with Gasteiger partial charge in [-0.2, -0.15) is 4.98 Å². The Bertz CT molecular complexity index is 447. The Labute approximate surface area is 99.4 Å². The van der Waals surface area contributed by atoms with Gasteiger partial charge in [-0.3, -0.25) is 0 Å². The van der Waals surface area contributed by atoms with Gasteiger partial charge in [0.25, 0.3) is 0 Å². The van der Waals surface area contributed by atoms with E-state index in [1.54, 1.807) is 11.8 Å². The van der Waals surface area contributed by atoms with Crippen LogP contribution < -0.4 is 5.73 Å². The molecule has 0 bridgehead atoms. The maximum atomic E-state index is 5.84. The molecule has 4 nitrogen and oxygen atoms in total. The highest BCUT2D eigenvalue weighted by Gasteiger charge is 2.04. The van der Waals surface area contributed by atoms with E-state index in [1.807, 2.05) is 18.2 Å². The molecule has 6 heteroatoms. The van der Waals surface area contributed by atoms with Crippen molar-refractivity contribution in [3.05, 3.63) is 34.9 Å². The second kappa shape index (κ2) is 4.67. The summed E-state index contributed by atoms with van der Waals surface area (Å²) in [6.07, 6.45) is 1.39. The molecule has 0 unspecified atom stereocenters. The summed E-state index contributed by atoms with van der Waals surface area (Å²) in [4.78, 5) is 4.94. The average Bonchev–Trinajstić information content (AvgIpc) is 2.69. The van der Waals surface area contributed by atoms with Crippen molar-refractivity contribution in [1.29, 1.82) is 0 Å². The highest BCUT2D eigenvalue weighted by molar-refractivity contribution is 9.10. The number of nitrogens with zero attached hydrogens (tertiary/aromatic N) is 2. The number of hydrogen-bond acceptors (Lipinski definition) is 5. The van der Waals surface area contributed by atoms with Crippen LogP contribution in [-0.2, 0) is 5.75 Å². The Morgan fingerprint density at radius 2 is 2.33 bits per heavy atom. The minimum Gasteiger partial charge on any atom is -0.398 e. The van der Waals surface area contributed by atoms with Gasteiger partial charge in [0.1, 0.15) is 0 Å². The molecule has 2 aromatic rings. The first kappa shape index (κ1) is 10.5. The molecule has 1 aromatic carbocycles. The molecule has 0 fully saturated rings. The second-order valence-corrected chi connectivity index (χ2v) is 4.74. The quantitative estimate of drug-likeness (QED) is 0.694.